The minimum absolute atomic E-state index is 0.144. The fourth-order valence-corrected chi connectivity index (χ4v) is 4.93. The van der Waals surface area contributed by atoms with Gasteiger partial charge in [-0.3, -0.25) is 4.79 Å². The zero-order valence-corrected chi connectivity index (χ0v) is 15.2. The number of allylic oxidation sites excluding steroid dienone is 1. The highest BCUT2D eigenvalue weighted by molar-refractivity contribution is 7.96. The Kier molecular flexibility index (Phi) is 4.51. The van der Waals surface area contributed by atoms with Crippen LogP contribution in [0.1, 0.15) is 21.7 Å². The summed E-state index contributed by atoms with van der Waals surface area (Å²) in [5.74, 6) is -0.694. The topological polar surface area (TPSA) is 51.2 Å². The van der Waals surface area contributed by atoms with Gasteiger partial charge in [-0.15, -0.1) is 11.3 Å². The highest BCUT2D eigenvalue weighted by Gasteiger charge is 2.49. The third-order valence-electron chi connectivity index (χ3n) is 3.56. The summed E-state index contributed by atoms with van der Waals surface area (Å²) in [7, 11) is -5.55. The van der Waals surface area contributed by atoms with Gasteiger partial charge in [-0.05, 0) is 18.2 Å². The van der Waals surface area contributed by atoms with Gasteiger partial charge in [-0.1, -0.05) is 35.3 Å². The Balaban J connectivity index is 2.14. The van der Waals surface area contributed by atoms with Crippen LogP contribution in [0.4, 0.5) is 13.2 Å². The summed E-state index contributed by atoms with van der Waals surface area (Å²) in [6.07, 6.45) is 0.0699. The van der Waals surface area contributed by atoms with E-state index in [-0.39, 0.29) is 20.5 Å². The number of hydrogen-bond donors (Lipinski definition) is 0. The fraction of sp³-hybridized carbons (Fsp3) is 0.133. The standard InChI is InChI=1S/C15H7Cl2F3O3S2/c16-10-3-1-2-8(14(10)17)13-6-9-11(21)4-7(5-12(9)24-13)25(22,23)15(18,19)20/h1-3,5-6H,4H2. The molecule has 0 radical (unpaired) electrons. The van der Waals surface area contributed by atoms with Crippen molar-refractivity contribution in [2.75, 3.05) is 0 Å². The van der Waals surface area contributed by atoms with Crippen LogP contribution in [0.5, 0.6) is 0 Å². The van der Waals surface area contributed by atoms with Crippen LogP contribution in [0.2, 0.25) is 10.0 Å². The Bertz CT molecular complexity index is 1020. The third-order valence-corrected chi connectivity index (χ3v) is 7.05. The summed E-state index contributed by atoms with van der Waals surface area (Å²) >= 11 is 13.0. The molecular formula is C15H7Cl2F3O3S2. The molecule has 3 nitrogen and oxygen atoms in total. The molecule has 1 aliphatic rings. The summed E-state index contributed by atoms with van der Waals surface area (Å²) in [5, 5.41) is 0.523. The molecule has 0 unspecified atom stereocenters. The maximum absolute atomic E-state index is 12.7. The summed E-state index contributed by atoms with van der Waals surface area (Å²) in [5.41, 5.74) is -4.78. The monoisotopic (exact) mass is 426 g/mol. The Labute approximate surface area is 154 Å². The Morgan fingerprint density at radius 3 is 2.44 bits per heavy atom. The van der Waals surface area contributed by atoms with Crippen LogP contribution < -0.4 is 0 Å². The van der Waals surface area contributed by atoms with E-state index in [1.165, 1.54) is 6.07 Å². The molecule has 0 amide bonds. The van der Waals surface area contributed by atoms with Crippen molar-refractivity contribution in [1.29, 1.82) is 0 Å². The van der Waals surface area contributed by atoms with E-state index in [4.69, 9.17) is 23.2 Å². The molecule has 0 saturated heterocycles. The number of ketones is 1. The SMILES string of the molecule is O=C1CC(S(=O)(=O)C(F)(F)F)=Cc2sc(-c3cccc(Cl)c3Cl)cc21. The van der Waals surface area contributed by atoms with E-state index >= 15 is 0 Å². The van der Waals surface area contributed by atoms with E-state index in [2.05, 4.69) is 0 Å². The van der Waals surface area contributed by atoms with Gasteiger partial charge in [0.15, 0.2) is 5.78 Å². The molecule has 0 saturated carbocycles. The van der Waals surface area contributed by atoms with Gasteiger partial charge in [0.2, 0.25) is 0 Å². The molecule has 0 aliphatic heterocycles. The van der Waals surface area contributed by atoms with Crippen LogP contribution in [0.25, 0.3) is 16.5 Å². The van der Waals surface area contributed by atoms with Crippen LogP contribution in [-0.4, -0.2) is 19.7 Å². The predicted octanol–water partition coefficient (Wildman–Crippen LogP) is 5.58. The molecule has 1 heterocycles. The molecule has 0 bridgehead atoms. The summed E-state index contributed by atoms with van der Waals surface area (Å²) in [6.45, 7) is 0. The molecule has 10 heteroatoms. The fourth-order valence-electron chi connectivity index (χ4n) is 2.33. The largest absolute Gasteiger partial charge is 0.501 e. The number of fused-ring (bicyclic) bond motifs is 1. The molecule has 0 N–H and O–H groups in total. The number of thiophene rings is 1. The van der Waals surface area contributed by atoms with Crippen LogP contribution in [0, 0.1) is 0 Å². The first-order chi connectivity index (χ1) is 11.5. The van der Waals surface area contributed by atoms with Crippen molar-refractivity contribution in [1.82, 2.24) is 0 Å². The lowest BCUT2D eigenvalue weighted by Gasteiger charge is -2.14. The van der Waals surface area contributed by atoms with Gasteiger partial charge >= 0.3 is 5.51 Å². The number of alkyl halides is 3. The third kappa shape index (κ3) is 3.12. The minimum Gasteiger partial charge on any atom is -0.294 e. The molecule has 1 aliphatic carbocycles. The Morgan fingerprint density at radius 2 is 1.80 bits per heavy atom. The van der Waals surface area contributed by atoms with Gasteiger partial charge in [0, 0.05) is 27.3 Å². The van der Waals surface area contributed by atoms with E-state index in [9.17, 15) is 26.4 Å². The van der Waals surface area contributed by atoms with E-state index in [1.807, 2.05) is 0 Å². The van der Waals surface area contributed by atoms with Gasteiger partial charge in [0.1, 0.15) is 0 Å². The van der Waals surface area contributed by atoms with Crippen molar-refractivity contribution in [3.8, 4) is 10.4 Å². The number of carbonyl (C=O) groups excluding carboxylic acids is 1. The molecule has 132 valence electrons. The smallest absolute Gasteiger partial charge is 0.294 e. The average Bonchev–Trinajstić information content (AvgIpc) is 2.93. The van der Waals surface area contributed by atoms with Crippen LogP contribution in [-0.2, 0) is 9.84 Å². The van der Waals surface area contributed by atoms with Gasteiger partial charge < -0.3 is 0 Å². The van der Waals surface area contributed by atoms with Crippen molar-refractivity contribution >= 4 is 56.2 Å². The lowest BCUT2D eigenvalue weighted by molar-refractivity contribution is -0.0426. The minimum atomic E-state index is -5.55. The first-order valence-corrected chi connectivity index (χ1v) is 9.71. The highest BCUT2D eigenvalue weighted by atomic mass is 35.5. The summed E-state index contributed by atoms with van der Waals surface area (Å²) < 4.78 is 61.3. The summed E-state index contributed by atoms with van der Waals surface area (Å²) in [6, 6.07) is 6.33. The quantitative estimate of drug-likeness (QED) is 0.629. The zero-order valence-electron chi connectivity index (χ0n) is 12.0. The van der Waals surface area contributed by atoms with Gasteiger partial charge in [-0.2, -0.15) is 13.2 Å². The number of rotatable bonds is 2. The second-order valence-electron chi connectivity index (χ2n) is 5.15. The van der Waals surface area contributed by atoms with Gasteiger partial charge in [0.25, 0.3) is 9.84 Å². The zero-order chi connectivity index (χ0) is 18.6. The number of benzene rings is 1. The average molecular weight is 427 g/mol. The second-order valence-corrected chi connectivity index (χ2v) is 9.01. The molecular weight excluding hydrogens is 420 g/mol. The Morgan fingerprint density at radius 1 is 1.12 bits per heavy atom. The van der Waals surface area contributed by atoms with Crippen molar-refractivity contribution < 1.29 is 26.4 Å². The van der Waals surface area contributed by atoms with Gasteiger partial charge in [0.05, 0.1) is 15.0 Å². The van der Waals surface area contributed by atoms with Crippen LogP contribution in [0.15, 0.2) is 29.2 Å². The van der Waals surface area contributed by atoms with E-state index in [0.717, 1.165) is 17.4 Å². The molecule has 2 aromatic rings. The normalized spacial score (nSPS) is 15.1. The number of Topliss-reactive ketones (excluding diaryl/α,β-unsaturated/α-hetero) is 1. The molecule has 0 spiro atoms. The number of carbonyl (C=O) groups is 1. The lowest BCUT2D eigenvalue weighted by atomic mass is 10.0. The molecule has 1 aromatic heterocycles. The molecule has 1 aromatic carbocycles. The molecule has 3 rings (SSSR count). The van der Waals surface area contributed by atoms with Crippen LogP contribution in [0.3, 0.4) is 0 Å². The lowest BCUT2D eigenvalue weighted by Crippen LogP contribution is -2.26. The van der Waals surface area contributed by atoms with E-state index in [0.29, 0.717) is 10.4 Å². The highest BCUT2D eigenvalue weighted by Crippen LogP contribution is 2.43. The molecule has 0 fully saturated rings. The van der Waals surface area contributed by atoms with Crippen molar-refractivity contribution in [3.63, 3.8) is 0 Å². The molecule has 25 heavy (non-hydrogen) atoms. The first-order valence-electron chi connectivity index (χ1n) is 6.65. The molecule has 0 atom stereocenters. The maximum Gasteiger partial charge on any atom is 0.501 e. The van der Waals surface area contributed by atoms with Gasteiger partial charge in [-0.25, -0.2) is 8.42 Å². The van der Waals surface area contributed by atoms with Crippen molar-refractivity contribution in [3.05, 3.63) is 49.7 Å². The number of sulfone groups is 1. The Hall–Kier alpha value is -1.35. The van der Waals surface area contributed by atoms with Crippen LogP contribution >= 0.6 is 34.5 Å². The predicted molar refractivity (Wildman–Crippen MR) is 91.7 cm³/mol. The number of halogens is 5. The van der Waals surface area contributed by atoms with E-state index in [1.54, 1.807) is 18.2 Å². The van der Waals surface area contributed by atoms with Crippen molar-refractivity contribution in [2.45, 2.75) is 11.9 Å². The van der Waals surface area contributed by atoms with E-state index < -0.39 is 32.5 Å². The summed E-state index contributed by atoms with van der Waals surface area (Å²) in [4.78, 5) is 11.8. The second kappa shape index (κ2) is 6.12. The maximum atomic E-state index is 12.7. The van der Waals surface area contributed by atoms with Crippen molar-refractivity contribution in [2.24, 2.45) is 0 Å². The number of hydrogen-bond acceptors (Lipinski definition) is 4. The first kappa shape index (κ1) is 18.4.